The summed E-state index contributed by atoms with van der Waals surface area (Å²) in [6.07, 6.45) is 1.91. The number of nitro benzene ring substituents is 1. The average Bonchev–Trinajstić information content (AvgIpc) is 2.54. The normalized spacial score (nSPS) is 17.1. The van der Waals surface area contributed by atoms with Crippen molar-refractivity contribution in [1.82, 2.24) is 4.90 Å². The number of thioether (sulfide) groups is 1. The molecule has 0 bridgehead atoms. The number of nitrogens with two attached hydrogens (primary N) is 1. The maximum atomic E-state index is 12.1. The first kappa shape index (κ1) is 20.5. The number of carbonyl (C=O) groups is 1. The number of hydrogen-bond donors (Lipinski definition) is 1. The fraction of sp³-hybridized carbons (Fsp3) is 0.533. The monoisotopic (exact) mass is 375 g/mol. The molecular formula is C15H22ClN3O4S. The second-order valence-corrected chi connectivity index (χ2v) is 6.48. The predicted molar refractivity (Wildman–Crippen MR) is 96.8 cm³/mol. The molecule has 1 heterocycles. The van der Waals surface area contributed by atoms with E-state index in [9.17, 15) is 14.9 Å². The van der Waals surface area contributed by atoms with E-state index in [0.29, 0.717) is 18.1 Å². The Hall–Kier alpha value is -1.51. The average molecular weight is 376 g/mol. The summed E-state index contributed by atoms with van der Waals surface area (Å²) in [5.74, 6) is 1.21. The van der Waals surface area contributed by atoms with Crippen LogP contribution in [0, 0.1) is 10.1 Å². The number of halogens is 1. The molecule has 0 radical (unpaired) electrons. The highest BCUT2D eigenvalue weighted by Gasteiger charge is 2.21. The van der Waals surface area contributed by atoms with E-state index < -0.39 is 4.92 Å². The molecule has 1 amide bonds. The van der Waals surface area contributed by atoms with Gasteiger partial charge in [0.25, 0.3) is 0 Å². The first-order valence-electron chi connectivity index (χ1n) is 7.43. The van der Waals surface area contributed by atoms with Crippen molar-refractivity contribution in [3.63, 3.8) is 0 Å². The van der Waals surface area contributed by atoms with E-state index in [1.807, 2.05) is 0 Å². The van der Waals surface area contributed by atoms with E-state index >= 15 is 0 Å². The van der Waals surface area contributed by atoms with Gasteiger partial charge < -0.3 is 15.4 Å². The van der Waals surface area contributed by atoms with Crippen molar-refractivity contribution in [3.05, 3.63) is 33.9 Å². The minimum Gasteiger partial charge on any atom is -0.490 e. The van der Waals surface area contributed by atoms with Crippen LogP contribution in [-0.4, -0.2) is 47.7 Å². The van der Waals surface area contributed by atoms with Crippen LogP contribution in [0.1, 0.15) is 18.4 Å². The van der Waals surface area contributed by atoms with Gasteiger partial charge in [0, 0.05) is 31.0 Å². The van der Waals surface area contributed by atoms with Crippen molar-refractivity contribution in [2.45, 2.75) is 24.6 Å². The van der Waals surface area contributed by atoms with E-state index in [-0.39, 0.29) is 35.8 Å². The van der Waals surface area contributed by atoms with Crippen LogP contribution in [0.3, 0.4) is 0 Å². The highest BCUT2D eigenvalue weighted by molar-refractivity contribution is 7.99. The Morgan fingerprint density at radius 2 is 2.29 bits per heavy atom. The quantitative estimate of drug-likeness (QED) is 0.604. The number of methoxy groups -OCH3 is 1. The van der Waals surface area contributed by atoms with Crippen molar-refractivity contribution in [2.75, 3.05) is 26.0 Å². The van der Waals surface area contributed by atoms with E-state index in [4.69, 9.17) is 10.5 Å². The van der Waals surface area contributed by atoms with Gasteiger partial charge in [-0.15, -0.1) is 24.2 Å². The highest BCUT2D eigenvalue weighted by Crippen LogP contribution is 2.29. The molecule has 1 unspecified atom stereocenters. The van der Waals surface area contributed by atoms with Gasteiger partial charge in [0.2, 0.25) is 5.91 Å². The number of rotatable bonds is 6. The van der Waals surface area contributed by atoms with Crippen LogP contribution >= 0.6 is 24.2 Å². The van der Waals surface area contributed by atoms with Gasteiger partial charge in [0.05, 0.1) is 17.8 Å². The summed E-state index contributed by atoms with van der Waals surface area (Å²) in [6, 6.07) is 4.93. The van der Waals surface area contributed by atoms with Crippen LogP contribution in [0.15, 0.2) is 18.2 Å². The van der Waals surface area contributed by atoms with Gasteiger partial charge in [-0.1, -0.05) is 6.07 Å². The van der Waals surface area contributed by atoms with Crippen LogP contribution in [0.4, 0.5) is 5.69 Å². The number of hydrogen-bond acceptors (Lipinski definition) is 6. The molecule has 7 nitrogen and oxygen atoms in total. The zero-order valence-electron chi connectivity index (χ0n) is 13.5. The summed E-state index contributed by atoms with van der Waals surface area (Å²) in [5, 5.41) is 11.0. The number of nitrogens with zero attached hydrogens (tertiary/aromatic N) is 2. The second kappa shape index (κ2) is 9.71. The summed E-state index contributed by atoms with van der Waals surface area (Å²) in [5.41, 5.74) is 6.62. The molecule has 1 saturated heterocycles. The Labute approximate surface area is 151 Å². The van der Waals surface area contributed by atoms with E-state index in [2.05, 4.69) is 0 Å². The van der Waals surface area contributed by atoms with Gasteiger partial charge in [0.1, 0.15) is 0 Å². The van der Waals surface area contributed by atoms with E-state index in [1.165, 1.54) is 24.9 Å². The van der Waals surface area contributed by atoms with Crippen molar-refractivity contribution < 1.29 is 14.5 Å². The molecule has 1 aliphatic rings. The van der Waals surface area contributed by atoms with Crippen LogP contribution in [0.2, 0.25) is 0 Å². The van der Waals surface area contributed by atoms with Gasteiger partial charge in [-0.2, -0.15) is 0 Å². The molecule has 24 heavy (non-hydrogen) atoms. The summed E-state index contributed by atoms with van der Waals surface area (Å²) in [7, 11) is 1.40. The zero-order chi connectivity index (χ0) is 16.8. The van der Waals surface area contributed by atoms with Crippen LogP contribution < -0.4 is 10.5 Å². The van der Waals surface area contributed by atoms with Gasteiger partial charge in [-0.05, 0) is 24.5 Å². The zero-order valence-corrected chi connectivity index (χ0v) is 15.1. The molecule has 1 aromatic carbocycles. The number of ether oxygens (including phenoxy) is 1. The van der Waals surface area contributed by atoms with Crippen molar-refractivity contribution in [1.29, 1.82) is 0 Å². The summed E-state index contributed by atoms with van der Waals surface area (Å²) < 4.78 is 4.97. The number of piperidine rings is 1. The molecule has 2 rings (SSSR count). The lowest BCUT2D eigenvalue weighted by molar-refractivity contribution is -0.385. The summed E-state index contributed by atoms with van der Waals surface area (Å²) in [4.78, 5) is 24.5. The molecule has 134 valence electrons. The van der Waals surface area contributed by atoms with Crippen molar-refractivity contribution >= 4 is 35.8 Å². The Bertz CT molecular complexity index is 588. The maximum Gasteiger partial charge on any atom is 0.311 e. The van der Waals surface area contributed by atoms with Crippen molar-refractivity contribution in [2.24, 2.45) is 5.73 Å². The first-order valence-corrected chi connectivity index (χ1v) is 8.59. The maximum absolute atomic E-state index is 12.1. The molecule has 1 aromatic rings. The lowest BCUT2D eigenvalue weighted by atomic mass is 10.1. The fourth-order valence-corrected chi connectivity index (χ4v) is 3.43. The topological polar surface area (TPSA) is 98.7 Å². The minimum absolute atomic E-state index is 0. The molecular weight excluding hydrogens is 354 g/mol. The third-order valence-corrected chi connectivity index (χ3v) is 4.73. The third kappa shape index (κ3) is 5.54. The summed E-state index contributed by atoms with van der Waals surface area (Å²) in [6.45, 7) is 1.38. The number of carbonyl (C=O) groups excluding carboxylic acids is 1. The third-order valence-electron chi connectivity index (χ3n) is 3.74. The molecule has 1 aliphatic heterocycles. The SMILES string of the molecule is COc1ccc(CSCC(=O)N2CCCC(N)C2)cc1[N+](=O)[O-].Cl. The van der Waals surface area contributed by atoms with Crippen LogP contribution in [0.25, 0.3) is 0 Å². The molecule has 9 heteroatoms. The lowest BCUT2D eigenvalue weighted by Gasteiger charge is -2.30. The van der Waals surface area contributed by atoms with Gasteiger partial charge in [-0.3, -0.25) is 14.9 Å². The molecule has 0 aliphatic carbocycles. The number of benzene rings is 1. The lowest BCUT2D eigenvalue weighted by Crippen LogP contribution is -2.46. The largest absolute Gasteiger partial charge is 0.490 e. The molecule has 0 spiro atoms. The predicted octanol–water partition coefficient (Wildman–Crippen LogP) is 2.21. The summed E-state index contributed by atoms with van der Waals surface area (Å²) >= 11 is 1.45. The Morgan fingerprint density at radius 1 is 1.54 bits per heavy atom. The number of nitro groups is 1. The van der Waals surface area contributed by atoms with Gasteiger partial charge >= 0.3 is 5.69 Å². The second-order valence-electron chi connectivity index (χ2n) is 5.50. The highest BCUT2D eigenvalue weighted by atomic mass is 35.5. The van der Waals surface area contributed by atoms with E-state index in [0.717, 1.165) is 24.9 Å². The smallest absolute Gasteiger partial charge is 0.311 e. The first-order chi connectivity index (χ1) is 11.0. The minimum atomic E-state index is -0.465. The molecule has 1 fully saturated rings. The van der Waals surface area contributed by atoms with E-state index in [1.54, 1.807) is 17.0 Å². The number of likely N-dealkylation sites (tertiary alicyclic amines) is 1. The van der Waals surface area contributed by atoms with Crippen LogP contribution in [0.5, 0.6) is 5.75 Å². The molecule has 0 saturated carbocycles. The van der Waals surface area contributed by atoms with Crippen LogP contribution in [-0.2, 0) is 10.5 Å². The van der Waals surface area contributed by atoms with Gasteiger partial charge in [-0.25, -0.2) is 0 Å². The molecule has 2 N–H and O–H groups in total. The standard InChI is InChI=1S/C15H21N3O4S.ClH/c1-22-14-5-4-11(7-13(14)18(20)21)9-23-10-15(19)17-6-2-3-12(16)8-17;/h4-5,7,12H,2-3,6,8-10,16H2,1H3;1H. The molecule has 0 aromatic heterocycles. The Balaban J connectivity index is 0.00000288. The van der Waals surface area contributed by atoms with Gasteiger partial charge in [0.15, 0.2) is 5.75 Å². The Morgan fingerprint density at radius 3 is 2.92 bits per heavy atom. The Kier molecular flexibility index (Phi) is 8.30. The molecule has 1 atom stereocenters. The van der Waals surface area contributed by atoms with Crippen molar-refractivity contribution in [3.8, 4) is 5.75 Å². The number of amides is 1. The fourth-order valence-electron chi connectivity index (χ4n) is 2.55.